The van der Waals surface area contributed by atoms with Gasteiger partial charge in [0, 0.05) is 11.6 Å². The lowest BCUT2D eigenvalue weighted by atomic mass is 10.2. The van der Waals surface area contributed by atoms with Crippen LogP contribution in [0.3, 0.4) is 0 Å². The van der Waals surface area contributed by atoms with Gasteiger partial charge in [0.15, 0.2) is 0 Å². The van der Waals surface area contributed by atoms with Gasteiger partial charge in [0.25, 0.3) is 17.5 Å². The standard InChI is InChI=1S/C16H13FN4O4/c17-13-6-3-5-11(8-13)16(23)18-10-15(22)20-19-9-12-4-1-2-7-14(12)21(24)25/h1-9H,10H2,(H,18,23)(H,20,22)/b19-9-. The van der Waals surface area contributed by atoms with Crippen molar-refractivity contribution in [3.63, 3.8) is 0 Å². The number of carbonyl (C=O) groups is 2. The molecule has 0 unspecified atom stereocenters. The number of hydrazone groups is 1. The Balaban J connectivity index is 1.87. The maximum atomic E-state index is 13.0. The largest absolute Gasteiger partial charge is 0.343 e. The van der Waals surface area contributed by atoms with E-state index >= 15 is 0 Å². The Kier molecular flexibility index (Phi) is 5.88. The molecule has 8 nitrogen and oxygen atoms in total. The fourth-order valence-corrected chi connectivity index (χ4v) is 1.87. The van der Waals surface area contributed by atoms with Gasteiger partial charge in [-0.2, -0.15) is 5.10 Å². The second-order valence-electron chi connectivity index (χ2n) is 4.80. The minimum Gasteiger partial charge on any atom is -0.343 e. The van der Waals surface area contributed by atoms with Crippen LogP contribution in [0.25, 0.3) is 0 Å². The second kappa shape index (κ2) is 8.29. The molecular formula is C16H13FN4O4. The zero-order valence-corrected chi connectivity index (χ0v) is 12.8. The molecule has 0 spiro atoms. The number of nitro benzene ring substituents is 1. The van der Waals surface area contributed by atoms with Crippen LogP contribution in [0.15, 0.2) is 53.6 Å². The highest BCUT2D eigenvalue weighted by atomic mass is 19.1. The molecule has 0 aliphatic carbocycles. The maximum Gasteiger partial charge on any atom is 0.278 e. The van der Waals surface area contributed by atoms with Crippen LogP contribution in [0, 0.1) is 15.9 Å². The van der Waals surface area contributed by atoms with Gasteiger partial charge in [-0.25, -0.2) is 9.82 Å². The highest BCUT2D eigenvalue weighted by molar-refractivity contribution is 5.96. The van der Waals surface area contributed by atoms with E-state index in [4.69, 9.17) is 0 Å². The third-order valence-corrected chi connectivity index (χ3v) is 3.02. The van der Waals surface area contributed by atoms with Crippen LogP contribution in [0.1, 0.15) is 15.9 Å². The molecule has 0 heterocycles. The summed E-state index contributed by atoms with van der Waals surface area (Å²) in [5.74, 6) is -1.82. The molecule has 0 bridgehead atoms. The molecule has 9 heteroatoms. The molecule has 0 aliphatic rings. The van der Waals surface area contributed by atoms with E-state index < -0.39 is 22.6 Å². The van der Waals surface area contributed by atoms with Crippen LogP contribution in [-0.2, 0) is 4.79 Å². The topological polar surface area (TPSA) is 114 Å². The van der Waals surface area contributed by atoms with Gasteiger partial charge in [0.2, 0.25) is 0 Å². The Labute approximate surface area is 141 Å². The molecule has 25 heavy (non-hydrogen) atoms. The predicted octanol–water partition coefficient (Wildman–Crippen LogP) is 1.61. The minimum atomic E-state index is -0.639. The van der Waals surface area contributed by atoms with Gasteiger partial charge in [0.05, 0.1) is 23.2 Å². The van der Waals surface area contributed by atoms with Crippen molar-refractivity contribution in [2.75, 3.05) is 6.54 Å². The van der Waals surface area contributed by atoms with Crippen molar-refractivity contribution in [2.24, 2.45) is 5.10 Å². The van der Waals surface area contributed by atoms with E-state index in [2.05, 4.69) is 15.8 Å². The first-order valence-electron chi connectivity index (χ1n) is 7.06. The van der Waals surface area contributed by atoms with Crippen molar-refractivity contribution in [1.29, 1.82) is 0 Å². The number of nitrogens with one attached hydrogen (secondary N) is 2. The highest BCUT2D eigenvalue weighted by Gasteiger charge is 2.11. The van der Waals surface area contributed by atoms with Gasteiger partial charge in [-0.15, -0.1) is 0 Å². The van der Waals surface area contributed by atoms with E-state index in [0.29, 0.717) is 0 Å². The number of para-hydroxylation sites is 1. The van der Waals surface area contributed by atoms with Gasteiger partial charge < -0.3 is 5.32 Å². The van der Waals surface area contributed by atoms with Crippen molar-refractivity contribution >= 4 is 23.7 Å². The normalized spacial score (nSPS) is 10.4. The van der Waals surface area contributed by atoms with Gasteiger partial charge in [0.1, 0.15) is 5.82 Å². The number of amides is 2. The summed E-state index contributed by atoms with van der Waals surface area (Å²) >= 11 is 0. The molecule has 2 amide bonds. The zero-order valence-electron chi connectivity index (χ0n) is 12.8. The van der Waals surface area contributed by atoms with Crippen molar-refractivity contribution in [3.8, 4) is 0 Å². The number of rotatable bonds is 6. The molecule has 0 atom stereocenters. The zero-order chi connectivity index (χ0) is 18.2. The summed E-state index contributed by atoms with van der Waals surface area (Å²) in [6.07, 6.45) is 1.13. The molecule has 2 aromatic carbocycles. The molecule has 0 saturated heterocycles. The smallest absolute Gasteiger partial charge is 0.278 e. The van der Waals surface area contributed by atoms with Gasteiger partial charge in [-0.1, -0.05) is 18.2 Å². The molecule has 2 N–H and O–H groups in total. The predicted molar refractivity (Wildman–Crippen MR) is 87.6 cm³/mol. The fourth-order valence-electron chi connectivity index (χ4n) is 1.87. The molecule has 0 fully saturated rings. The first-order chi connectivity index (χ1) is 12.0. The second-order valence-corrected chi connectivity index (χ2v) is 4.80. The Morgan fingerprint density at radius 2 is 1.96 bits per heavy atom. The third kappa shape index (κ3) is 5.20. The third-order valence-electron chi connectivity index (χ3n) is 3.02. The van der Waals surface area contributed by atoms with Crippen LogP contribution in [0.2, 0.25) is 0 Å². The van der Waals surface area contributed by atoms with E-state index in [-0.39, 0.29) is 23.4 Å². The molecule has 0 radical (unpaired) electrons. The Morgan fingerprint density at radius 1 is 1.20 bits per heavy atom. The number of carbonyl (C=O) groups excluding carboxylic acids is 2. The van der Waals surface area contributed by atoms with Crippen LogP contribution in [0.5, 0.6) is 0 Å². The molecular weight excluding hydrogens is 331 g/mol. The number of nitro groups is 1. The summed E-state index contributed by atoms with van der Waals surface area (Å²) in [5, 5.41) is 16.8. The molecule has 128 valence electrons. The highest BCUT2D eigenvalue weighted by Crippen LogP contribution is 2.14. The molecule has 0 saturated carbocycles. The lowest BCUT2D eigenvalue weighted by molar-refractivity contribution is -0.385. The average molecular weight is 344 g/mol. The van der Waals surface area contributed by atoms with Crippen LogP contribution >= 0.6 is 0 Å². The van der Waals surface area contributed by atoms with Crippen LogP contribution in [-0.4, -0.2) is 29.5 Å². The van der Waals surface area contributed by atoms with Crippen molar-refractivity contribution < 1.29 is 18.9 Å². The summed E-state index contributed by atoms with van der Waals surface area (Å²) in [7, 11) is 0. The number of hydrogen-bond acceptors (Lipinski definition) is 5. The SMILES string of the molecule is O=C(CNC(=O)c1cccc(F)c1)N/N=C\c1ccccc1[N+](=O)[O-]. The molecule has 2 aromatic rings. The number of benzene rings is 2. The lowest BCUT2D eigenvalue weighted by Crippen LogP contribution is -2.34. The minimum absolute atomic E-state index is 0.0798. The van der Waals surface area contributed by atoms with Crippen molar-refractivity contribution in [1.82, 2.24) is 10.7 Å². The first kappa shape index (κ1) is 17.7. The van der Waals surface area contributed by atoms with Crippen molar-refractivity contribution in [3.05, 3.63) is 75.6 Å². The molecule has 0 aliphatic heterocycles. The summed E-state index contributed by atoms with van der Waals surface area (Å²) < 4.78 is 13.0. The maximum absolute atomic E-state index is 13.0. The van der Waals surface area contributed by atoms with Crippen LogP contribution in [0.4, 0.5) is 10.1 Å². The Morgan fingerprint density at radius 3 is 2.68 bits per heavy atom. The van der Waals surface area contributed by atoms with E-state index in [1.54, 1.807) is 6.07 Å². The van der Waals surface area contributed by atoms with E-state index in [1.165, 1.54) is 36.4 Å². The number of hydrogen-bond donors (Lipinski definition) is 2. The van der Waals surface area contributed by atoms with E-state index in [0.717, 1.165) is 12.3 Å². The van der Waals surface area contributed by atoms with Gasteiger partial charge >= 0.3 is 0 Å². The van der Waals surface area contributed by atoms with Crippen LogP contribution < -0.4 is 10.7 Å². The summed E-state index contributed by atoms with van der Waals surface area (Å²) in [5.41, 5.74) is 2.28. The Hall–Kier alpha value is -3.62. The van der Waals surface area contributed by atoms with Gasteiger partial charge in [-0.05, 0) is 24.3 Å². The summed E-state index contributed by atoms with van der Waals surface area (Å²) in [6, 6.07) is 10.9. The van der Waals surface area contributed by atoms with E-state index in [1.807, 2.05) is 0 Å². The monoisotopic (exact) mass is 344 g/mol. The number of nitrogens with zero attached hydrogens (tertiary/aromatic N) is 2. The average Bonchev–Trinajstić information content (AvgIpc) is 2.60. The fraction of sp³-hybridized carbons (Fsp3) is 0.0625. The quantitative estimate of drug-likeness (QED) is 0.471. The summed E-state index contributed by atoms with van der Waals surface area (Å²) in [6.45, 7) is -0.385. The Bertz CT molecular complexity index is 838. The van der Waals surface area contributed by atoms with Gasteiger partial charge in [-0.3, -0.25) is 19.7 Å². The first-order valence-corrected chi connectivity index (χ1v) is 7.06. The summed E-state index contributed by atoms with van der Waals surface area (Å²) in [4.78, 5) is 33.6. The lowest BCUT2D eigenvalue weighted by Gasteiger charge is -2.04. The van der Waals surface area contributed by atoms with E-state index in [9.17, 15) is 24.1 Å². The molecule has 2 rings (SSSR count). The van der Waals surface area contributed by atoms with Crippen molar-refractivity contribution in [2.45, 2.75) is 0 Å². The molecule has 0 aromatic heterocycles. The number of halogens is 1.